The Labute approximate surface area is 124 Å². The first-order valence-corrected chi connectivity index (χ1v) is 9.70. The van der Waals surface area contributed by atoms with E-state index in [1.54, 1.807) is 17.8 Å². The molecule has 7 heteroatoms. The average molecular weight is 316 g/mol. The van der Waals surface area contributed by atoms with Gasteiger partial charge in [-0.05, 0) is 24.1 Å². The van der Waals surface area contributed by atoms with Crippen LogP contribution in [0.25, 0.3) is 0 Å². The Kier molecular flexibility index (Phi) is 4.93. The lowest BCUT2D eigenvalue weighted by Crippen LogP contribution is -2.47. The van der Waals surface area contributed by atoms with Crippen LogP contribution in [0.4, 0.5) is 5.82 Å². The Morgan fingerprint density at radius 2 is 2.25 bits per heavy atom. The second kappa shape index (κ2) is 6.32. The van der Waals surface area contributed by atoms with Crippen molar-refractivity contribution in [1.29, 1.82) is 0 Å². The van der Waals surface area contributed by atoms with E-state index in [0.29, 0.717) is 18.1 Å². The van der Waals surface area contributed by atoms with Gasteiger partial charge in [-0.3, -0.25) is 0 Å². The third-order valence-electron chi connectivity index (χ3n) is 3.34. The zero-order valence-electron chi connectivity index (χ0n) is 11.7. The molecule has 0 spiro atoms. The van der Waals surface area contributed by atoms with Gasteiger partial charge in [0.1, 0.15) is 11.2 Å². The van der Waals surface area contributed by atoms with Crippen LogP contribution >= 0.6 is 11.8 Å². The van der Waals surface area contributed by atoms with Crippen LogP contribution in [0.15, 0.2) is 12.1 Å². The van der Waals surface area contributed by atoms with Crippen LogP contribution in [0.2, 0.25) is 0 Å². The molecular formula is C13H20N2O3S2. The van der Waals surface area contributed by atoms with E-state index in [-0.39, 0.29) is 6.61 Å². The van der Waals surface area contributed by atoms with E-state index in [0.717, 1.165) is 23.4 Å². The first-order valence-electron chi connectivity index (χ1n) is 6.59. The molecular weight excluding hydrogens is 296 g/mol. The molecule has 1 aromatic heterocycles. The van der Waals surface area contributed by atoms with Gasteiger partial charge in [0.25, 0.3) is 0 Å². The van der Waals surface area contributed by atoms with E-state index in [9.17, 15) is 13.5 Å². The van der Waals surface area contributed by atoms with Crippen molar-refractivity contribution >= 4 is 27.4 Å². The highest BCUT2D eigenvalue weighted by Gasteiger charge is 2.32. The summed E-state index contributed by atoms with van der Waals surface area (Å²) in [7, 11) is -3.16. The molecule has 1 aromatic rings. The first-order chi connectivity index (χ1) is 9.45. The number of sulfone groups is 1. The Hall–Kier alpha value is -0.790. The molecule has 0 radical (unpaired) electrons. The lowest BCUT2D eigenvalue weighted by Gasteiger charge is -2.35. The lowest BCUT2D eigenvalue weighted by atomic mass is 10.2. The number of aromatic nitrogens is 1. The highest BCUT2D eigenvalue weighted by atomic mass is 32.2. The molecule has 2 heterocycles. The fourth-order valence-electron chi connectivity index (χ4n) is 2.25. The molecule has 2 rings (SSSR count). The molecule has 0 amide bonds. The zero-order chi connectivity index (χ0) is 14.8. The van der Waals surface area contributed by atoms with Gasteiger partial charge in [0, 0.05) is 30.0 Å². The molecule has 1 saturated heterocycles. The van der Waals surface area contributed by atoms with Gasteiger partial charge in [-0.25, -0.2) is 13.4 Å². The normalized spacial score (nSPS) is 20.1. The monoisotopic (exact) mass is 316 g/mol. The summed E-state index contributed by atoms with van der Waals surface area (Å²) in [5.74, 6) is 2.10. The standard InChI is InChI=1S/C13H20N2O3S2/c1-3-11-6-10(8-16)7-12(14-11)15-4-5-19-9-13(15)20(2,17)18/h6-7,13,16H,3-5,8-9H2,1-2H3. The zero-order valence-corrected chi connectivity index (χ0v) is 13.4. The van der Waals surface area contributed by atoms with Gasteiger partial charge >= 0.3 is 0 Å². The maximum absolute atomic E-state index is 11.9. The second-order valence-corrected chi connectivity index (χ2v) is 8.24. The summed E-state index contributed by atoms with van der Waals surface area (Å²) in [6.45, 7) is 2.59. The minimum absolute atomic E-state index is 0.0609. The molecule has 0 aromatic carbocycles. The van der Waals surface area contributed by atoms with Crippen LogP contribution in [0, 0.1) is 0 Å². The van der Waals surface area contributed by atoms with Gasteiger partial charge in [-0.1, -0.05) is 6.92 Å². The minimum Gasteiger partial charge on any atom is -0.392 e. The van der Waals surface area contributed by atoms with Crippen LogP contribution in [0.1, 0.15) is 18.2 Å². The number of hydrogen-bond acceptors (Lipinski definition) is 6. The van der Waals surface area contributed by atoms with E-state index in [4.69, 9.17) is 0 Å². The quantitative estimate of drug-likeness (QED) is 0.896. The third-order valence-corrected chi connectivity index (χ3v) is 5.99. The van der Waals surface area contributed by atoms with E-state index < -0.39 is 15.2 Å². The number of anilines is 1. The number of hydrogen-bond donors (Lipinski definition) is 1. The molecule has 1 N–H and O–H groups in total. The molecule has 1 aliphatic heterocycles. The fraction of sp³-hybridized carbons (Fsp3) is 0.615. The predicted octanol–water partition coefficient (Wildman–Crippen LogP) is 1.06. The van der Waals surface area contributed by atoms with Crippen LogP contribution in [0.3, 0.4) is 0 Å². The maximum Gasteiger partial charge on any atom is 0.169 e. The molecule has 1 unspecified atom stereocenters. The van der Waals surface area contributed by atoms with E-state index >= 15 is 0 Å². The molecule has 20 heavy (non-hydrogen) atoms. The minimum atomic E-state index is -3.16. The fourth-order valence-corrected chi connectivity index (χ4v) is 5.08. The van der Waals surface area contributed by atoms with Gasteiger partial charge in [0.2, 0.25) is 0 Å². The largest absolute Gasteiger partial charge is 0.392 e. The number of pyridine rings is 1. The maximum atomic E-state index is 11.9. The number of thioether (sulfide) groups is 1. The van der Waals surface area contributed by atoms with Gasteiger partial charge in [-0.15, -0.1) is 0 Å². The van der Waals surface area contributed by atoms with E-state index in [1.807, 2.05) is 17.9 Å². The first kappa shape index (κ1) is 15.6. The topological polar surface area (TPSA) is 70.5 Å². The van der Waals surface area contributed by atoms with Gasteiger partial charge in [0.15, 0.2) is 9.84 Å². The molecule has 1 fully saturated rings. The summed E-state index contributed by atoms with van der Waals surface area (Å²) in [5.41, 5.74) is 1.65. The summed E-state index contributed by atoms with van der Waals surface area (Å²) in [5, 5.41) is 8.80. The number of aryl methyl sites for hydroxylation is 1. The number of rotatable bonds is 4. The van der Waals surface area contributed by atoms with Crippen molar-refractivity contribution in [3.05, 3.63) is 23.4 Å². The van der Waals surface area contributed by atoms with Crippen molar-refractivity contribution < 1.29 is 13.5 Å². The van der Waals surface area contributed by atoms with Crippen LogP contribution in [0.5, 0.6) is 0 Å². The molecule has 5 nitrogen and oxygen atoms in total. The Bertz CT molecular complexity index is 553. The summed E-state index contributed by atoms with van der Waals surface area (Å²) in [6, 6.07) is 3.64. The Morgan fingerprint density at radius 1 is 1.50 bits per heavy atom. The lowest BCUT2D eigenvalue weighted by molar-refractivity contribution is 0.281. The number of nitrogens with zero attached hydrogens (tertiary/aromatic N) is 2. The highest BCUT2D eigenvalue weighted by Crippen LogP contribution is 2.26. The van der Waals surface area contributed by atoms with Crippen molar-refractivity contribution in [1.82, 2.24) is 4.98 Å². The molecule has 112 valence electrons. The molecule has 1 aliphatic rings. The summed E-state index contributed by atoms with van der Waals surface area (Å²) >= 11 is 1.65. The summed E-state index contributed by atoms with van der Waals surface area (Å²) in [6.07, 6.45) is 2.03. The SMILES string of the molecule is CCc1cc(CO)cc(N2CCSCC2S(C)(=O)=O)n1. The van der Waals surface area contributed by atoms with Crippen molar-refractivity contribution in [3.63, 3.8) is 0 Å². The Balaban J connectivity index is 2.41. The molecule has 1 atom stereocenters. The summed E-state index contributed by atoms with van der Waals surface area (Å²) < 4.78 is 23.9. The van der Waals surface area contributed by atoms with Gasteiger partial charge in [0.05, 0.1) is 6.61 Å². The van der Waals surface area contributed by atoms with Crippen molar-refractivity contribution in [2.24, 2.45) is 0 Å². The van der Waals surface area contributed by atoms with Crippen LogP contribution in [-0.4, -0.2) is 48.2 Å². The molecule has 0 saturated carbocycles. The summed E-state index contributed by atoms with van der Waals surface area (Å²) in [4.78, 5) is 6.38. The van der Waals surface area contributed by atoms with Crippen LogP contribution < -0.4 is 4.90 Å². The average Bonchev–Trinajstić information content (AvgIpc) is 2.45. The van der Waals surface area contributed by atoms with Crippen molar-refractivity contribution in [2.45, 2.75) is 25.3 Å². The highest BCUT2D eigenvalue weighted by molar-refractivity contribution is 8.01. The van der Waals surface area contributed by atoms with E-state index in [1.165, 1.54) is 6.26 Å². The smallest absolute Gasteiger partial charge is 0.169 e. The Morgan fingerprint density at radius 3 is 2.85 bits per heavy atom. The predicted molar refractivity (Wildman–Crippen MR) is 82.8 cm³/mol. The number of aliphatic hydroxyl groups is 1. The van der Waals surface area contributed by atoms with Gasteiger partial charge < -0.3 is 10.0 Å². The van der Waals surface area contributed by atoms with Crippen molar-refractivity contribution in [3.8, 4) is 0 Å². The van der Waals surface area contributed by atoms with Crippen LogP contribution in [-0.2, 0) is 22.9 Å². The van der Waals surface area contributed by atoms with Gasteiger partial charge in [-0.2, -0.15) is 11.8 Å². The number of aliphatic hydroxyl groups excluding tert-OH is 1. The van der Waals surface area contributed by atoms with E-state index in [2.05, 4.69) is 4.98 Å². The third kappa shape index (κ3) is 3.45. The molecule has 0 aliphatic carbocycles. The second-order valence-electron chi connectivity index (χ2n) is 4.89. The molecule has 0 bridgehead atoms. The van der Waals surface area contributed by atoms with Crippen molar-refractivity contribution in [2.75, 3.05) is 29.2 Å².